The van der Waals surface area contributed by atoms with E-state index in [4.69, 9.17) is 5.73 Å². The Morgan fingerprint density at radius 1 is 1.36 bits per heavy atom. The molecule has 1 amide bonds. The number of piperidine rings is 1. The number of hydrogen-bond acceptors (Lipinski definition) is 5. The van der Waals surface area contributed by atoms with Crippen molar-refractivity contribution in [1.29, 1.82) is 0 Å². The van der Waals surface area contributed by atoms with Gasteiger partial charge < -0.3 is 15.6 Å². The molecule has 7 heteroatoms. The fourth-order valence-electron chi connectivity index (χ4n) is 4.62. The first kappa shape index (κ1) is 19.1. The number of hydrogen-bond donors (Lipinski definition) is 4. The Bertz CT molecular complexity index is 784. The van der Waals surface area contributed by atoms with E-state index in [9.17, 15) is 4.79 Å². The molecular formula is C21H30N6O. The number of imidazole rings is 1. The summed E-state index contributed by atoms with van der Waals surface area (Å²) in [6, 6.07) is 8.69. The van der Waals surface area contributed by atoms with Crippen molar-refractivity contribution in [2.45, 2.75) is 44.2 Å². The van der Waals surface area contributed by atoms with Crippen LogP contribution in [0.3, 0.4) is 0 Å². The minimum atomic E-state index is -0.511. The van der Waals surface area contributed by atoms with Gasteiger partial charge in [0, 0.05) is 49.9 Å². The van der Waals surface area contributed by atoms with Crippen LogP contribution in [-0.4, -0.2) is 52.5 Å². The van der Waals surface area contributed by atoms with E-state index in [1.807, 2.05) is 4.90 Å². The number of aryl methyl sites for hydroxylation is 1. The third-order valence-corrected chi connectivity index (χ3v) is 6.17. The molecule has 1 aromatic heterocycles. The molecule has 28 heavy (non-hydrogen) atoms. The van der Waals surface area contributed by atoms with Crippen molar-refractivity contribution >= 4 is 5.91 Å². The third kappa shape index (κ3) is 4.11. The molecule has 2 aromatic rings. The number of aromatic amines is 1. The second-order valence-electron chi connectivity index (χ2n) is 8.12. The highest BCUT2D eigenvalue weighted by Crippen LogP contribution is 2.32. The van der Waals surface area contributed by atoms with E-state index >= 15 is 0 Å². The molecular weight excluding hydrogens is 352 g/mol. The van der Waals surface area contributed by atoms with Crippen LogP contribution >= 0.6 is 0 Å². The number of carbonyl (C=O) groups is 1. The molecule has 4 rings (SSSR count). The van der Waals surface area contributed by atoms with E-state index in [1.165, 1.54) is 11.1 Å². The van der Waals surface area contributed by atoms with Crippen molar-refractivity contribution in [3.05, 3.63) is 53.6 Å². The van der Waals surface area contributed by atoms with E-state index in [-0.39, 0.29) is 5.91 Å². The fourth-order valence-corrected chi connectivity index (χ4v) is 4.62. The molecule has 2 aliphatic heterocycles. The number of carbonyl (C=O) groups excluding carboxylic acids is 1. The van der Waals surface area contributed by atoms with Crippen LogP contribution in [0, 0.1) is 12.8 Å². The lowest BCUT2D eigenvalue weighted by molar-refractivity contribution is -0.134. The van der Waals surface area contributed by atoms with Crippen molar-refractivity contribution in [3.8, 4) is 0 Å². The van der Waals surface area contributed by atoms with Gasteiger partial charge in [0.1, 0.15) is 0 Å². The first-order valence-corrected chi connectivity index (χ1v) is 10.2. The number of nitrogens with zero attached hydrogens (tertiary/aromatic N) is 2. The van der Waals surface area contributed by atoms with Gasteiger partial charge in [-0.15, -0.1) is 0 Å². The zero-order chi connectivity index (χ0) is 19.5. The van der Waals surface area contributed by atoms with Crippen LogP contribution in [0.5, 0.6) is 0 Å². The predicted molar refractivity (Wildman–Crippen MR) is 108 cm³/mol. The molecule has 3 heterocycles. The van der Waals surface area contributed by atoms with E-state index in [2.05, 4.69) is 52.0 Å². The average Bonchev–Trinajstić information content (AvgIpc) is 3.39. The van der Waals surface area contributed by atoms with Crippen LogP contribution in [0.1, 0.15) is 35.6 Å². The zero-order valence-electron chi connectivity index (χ0n) is 16.4. The Morgan fingerprint density at radius 2 is 2.18 bits per heavy atom. The van der Waals surface area contributed by atoms with Crippen molar-refractivity contribution in [2.75, 3.05) is 19.6 Å². The number of aromatic nitrogens is 2. The first-order chi connectivity index (χ1) is 13.6. The molecule has 0 aliphatic carbocycles. The lowest BCUT2D eigenvalue weighted by Crippen LogP contribution is -2.50. The van der Waals surface area contributed by atoms with Crippen LogP contribution in [0.4, 0.5) is 0 Å². The Labute approximate surface area is 166 Å². The molecule has 2 unspecified atom stereocenters. The monoisotopic (exact) mass is 382 g/mol. The van der Waals surface area contributed by atoms with E-state index in [1.54, 1.807) is 12.5 Å². The lowest BCUT2D eigenvalue weighted by atomic mass is 9.80. The maximum atomic E-state index is 12.7. The minimum absolute atomic E-state index is 0.0424. The summed E-state index contributed by atoms with van der Waals surface area (Å²) in [6.07, 6.45) is 5.85. The number of hydrazine groups is 1. The van der Waals surface area contributed by atoms with Gasteiger partial charge in [-0.2, -0.15) is 0 Å². The second-order valence-corrected chi connectivity index (χ2v) is 8.12. The van der Waals surface area contributed by atoms with Crippen LogP contribution in [0.2, 0.25) is 0 Å². The molecule has 5 N–H and O–H groups in total. The Balaban J connectivity index is 1.34. The van der Waals surface area contributed by atoms with Gasteiger partial charge in [-0.1, -0.05) is 29.8 Å². The quantitative estimate of drug-likeness (QED) is 0.620. The summed E-state index contributed by atoms with van der Waals surface area (Å²) in [5.41, 5.74) is 16.6. The van der Waals surface area contributed by atoms with Crippen molar-refractivity contribution in [3.63, 3.8) is 0 Å². The summed E-state index contributed by atoms with van der Waals surface area (Å²) < 4.78 is 0. The van der Waals surface area contributed by atoms with E-state index in [0.29, 0.717) is 24.3 Å². The van der Waals surface area contributed by atoms with Crippen LogP contribution in [-0.2, 0) is 11.2 Å². The van der Waals surface area contributed by atoms with Gasteiger partial charge in [-0.3, -0.25) is 15.6 Å². The Kier molecular flexibility index (Phi) is 5.75. The van der Waals surface area contributed by atoms with Crippen molar-refractivity contribution in [1.82, 2.24) is 25.7 Å². The van der Waals surface area contributed by atoms with E-state index < -0.39 is 6.04 Å². The van der Waals surface area contributed by atoms with Gasteiger partial charge >= 0.3 is 0 Å². The predicted octanol–water partition coefficient (Wildman–Crippen LogP) is 1.09. The van der Waals surface area contributed by atoms with Gasteiger partial charge in [-0.25, -0.2) is 4.98 Å². The SMILES string of the molecule is Cc1cccc(C2CNNC2C2CCN(C(=O)[C@@H](N)Cc3cnc[nH]3)CC2)c1. The third-order valence-electron chi connectivity index (χ3n) is 6.17. The number of amides is 1. The maximum absolute atomic E-state index is 12.7. The summed E-state index contributed by atoms with van der Waals surface area (Å²) >= 11 is 0. The average molecular weight is 383 g/mol. The number of likely N-dealkylation sites (tertiary alicyclic amines) is 1. The molecule has 2 aliphatic rings. The molecule has 7 nitrogen and oxygen atoms in total. The Hall–Kier alpha value is -2.22. The number of nitrogens with two attached hydrogens (primary N) is 1. The molecule has 2 fully saturated rings. The largest absolute Gasteiger partial charge is 0.348 e. The highest BCUT2D eigenvalue weighted by Gasteiger charge is 2.37. The van der Waals surface area contributed by atoms with Gasteiger partial charge in [0.25, 0.3) is 0 Å². The van der Waals surface area contributed by atoms with Gasteiger partial charge in [0.2, 0.25) is 5.91 Å². The lowest BCUT2D eigenvalue weighted by Gasteiger charge is -2.37. The minimum Gasteiger partial charge on any atom is -0.348 e. The molecule has 1 aromatic carbocycles. The Morgan fingerprint density at radius 3 is 2.89 bits per heavy atom. The zero-order valence-corrected chi connectivity index (χ0v) is 16.4. The second kappa shape index (κ2) is 8.43. The van der Waals surface area contributed by atoms with Gasteiger partial charge in [-0.05, 0) is 31.2 Å². The fraction of sp³-hybridized carbons (Fsp3) is 0.524. The molecule has 0 radical (unpaired) electrons. The number of rotatable bonds is 5. The molecule has 150 valence electrons. The summed E-state index contributed by atoms with van der Waals surface area (Å²) in [7, 11) is 0. The topological polar surface area (TPSA) is 99.1 Å². The summed E-state index contributed by atoms with van der Waals surface area (Å²) in [4.78, 5) is 21.7. The maximum Gasteiger partial charge on any atom is 0.239 e. The highest BCUT2D eigenvalue weighted by atomic mass is 16.2. The summed E-state index contributed by atoms with van der Waals surface area (Å²) in [5, 5.41) is 0. The molecule has 3 atom stereocenters. The highest BCUT2D eigenvalue weighted by molar-refractivity contribution is 5.82. The van der Waals surface area contributed by atoms with Crippen LogP contribution in [0.15, 0.2) is 36.8 Å². The first-order valence-electron chi connectivity index (χ1n) is 10.2. The van der Waals surface area contributed by atoms with Crippen molar-refractivity contribution < 1.29 is 4.79 Å². The van der Waals surface area contributed by atoms with Gasteiger partial charge in [0.15, 0.2) is 0 Å². The smallest absolute Gasteiger partial charge is 0.239 e. The molecule has 0 saturated carbocycles. The van der Waals surface area contributed by atoms with E-state index in [0.717, 1.165) is 38.2 Å². The molecule has 0 bridgehead atoms. The van der Waals surface area contributed by atoms with Crippen LogP contribution in [0.25, 0.3) is 0 Å². The number of benzene rings is 1. The summed E-state index contributed by atoms with van der Waals surface area (Å²) in [5.74, 6) is 1.06. The summed E-state index contributed by atoms with van der Waals surface area (Å²) in [6.45, 7) is 4.64. The van der Waals surface area contributed by atoms with Crippen LogP contribution < -0.4 is 16.6 Å². The normalized spacial score (nSPS) is 24.4. The van der Waals surface area contributed by atoms with Gasteiger partial charge in [0.05, 0.1) is 12.4 Å². The number of nitrogens with one attached hydrogen (secondary N) is 3. The number of H-pyrrole nitrogens is 1. The standard InChI is InChI=1S/C21H30N6O/c1-14-3-2-4-16(9-14)18-12-25-26-20(18)15-5-7-27(8-6-15)21(28)19(22)10-17-11-23-13-24-17/h2-4,9,11,13,15,18-20,25-26H,5-8,10,12,22H2,1H3,(H,23,24)/t18?,19-,20?/m0/s1. The molecule has 0 spiro atoms. The molecule has 2 saturated heterocycles. The van der Waals surface area contributed by atoms with Crippen molar-refractivity contribution in [2.24, 2.45) is 11.7 Å².